The van der Waals surface area contributed by atoms with Gasteiger partial charge in [-0.2, -0.15) is 11.8 Å². The van der Waals surface area contributed by atoms with Gasteiger partial charge in [-0.25, -0.2) is 0 Å². The molecule has 0 amide bonds. The Morgan fingerprint density at radius 2 is 1.89 bits per heavy atom. The van der Waals surface area contributed by atoms with E-state index in [1.807, 2.05) is 0 Å². The third kappa shape index (κ3) is 3.19. The molecule has 3 heteroatoms. The molecule has 3 rings (SSSR count). The standard InChI is InChI=1S/C16H24N2S/c1-13-12-15(18-8-2-3-9-18)4-5-16(13)17-14-6-10-19-11-7-14/h4-5,12,14,17H,2-3,6-11H2,1H3. The van der Waals surface area contributed by atoms with E-state index in [9.17, 15) is 0 Å². The molecule has 2 aliphatic heterocycles. The van der Waals surface area contributed by atoms with E-state index >= 15 is 0 Å². The fourth-order valence-electron chi connectivity index (χ4n) is 3.04. The Bertz CT molecular complexity index is 421. The van der Waals surface area contributed by atoms with Crippen molar-refractivity contribution in [1.29, 1.82) is 0 Å². The largest absolute Gasteiger partial charge is 0.382 e. The Morgan fingerprint density at radius 3 is 2.58 bits per heavy atom. The molecule has 2 nitrogen and oxygen atoms in total. The zero-order chi connectivity index (χ0) is 13.1. The summed E-state index contributed by atoms with van der Waals surface area (Å²) in [5, 5.41) is 3.74. The number of rotatable bonds is 3. The van der Waals surface area contributed by atoms with Crippen molar-refractivity contribution < 1.29 is 0 Å². The number of nitrogens with zero attached hydrogens (tertiary/aromatic N) is 1. The summed E-state index contributed by atoms with van der Waals surface area (Å²) >= 11 is 2.09. The molecule has 0 radical (unpaired) electrons. The lowest BCUT2D eigenvalue weighted by Gasteiger charge is -2.25. The molecule has 0 bridgehead atoms. The van der Waals surface area contributed by atoms with E-state index in [0.717, 1.165) is 0 Å². The highest BCUT2D eigenvalue weighted by Gasteiger charge is 2.16. The Kier molecular flexibility index (Phi) is 4.21. The van der Waals surface area contributed by atoms with Crippen molar-refractivity contribution in [2.45, 2.75) is 38.6 Å². The van der Waals surface area contributed by atoms with E-state index in [4.69, 9.17) is 0 Å². The molecular weight excluding hydrogens is 252 g/mol. The van der Waals surface area contributed by atoms with E-state index in [0.29, 0.717) is 6.04 Å². The van der Waals surface area contributed by atoms with Gasteiger partial charge in [0.15, 0.2) is 0 Å². The third-order valence-electron chi connectivity index (χ3n) is 4.26. The van der Waals surface area contributed by atoms with Crippen LogP contribution < -0.4 is 10.2 Å². The van der Waals surface area contributed by atoms with Gasteiger partial charge in [-0.05, 0) is 67.9 Å². The van der Waals surface area contributed by atoms with Gasteiger partial charge in [-0.1, -0.05) is 0 Å². The molecule has 0 saturated carbocycles. The number of thioether (sulfide) groups is 1. The van der Waals surface area contributed by atoms with Crippen LogP contribution in [0.4, 0.5) is 11.4 Å². The molecule has 2 aliphatic rings. The maximum absolute atomic E-state index is 3.74. The molecular formula is C16H24N2S. The van der Waals surface area contributed by atoms with Crippen LogP contribution in [0.3, 0.4) is 0 Å². The van der Waals surface area contributed by atoms with Crippen LogP contribution in [-0.2, 0) is 0 Å². The number of anilines is 2. The van der Waals surface area contributed by atoms with Gasteiger partial charge in [0.2, 0.25) is 0 Å². The first-order chi connectivity index (χ1) is 9.33. The lowest BCUT2D eigenvalue weighted by molar-refractivity contribution is 0.666. The summed E-state index contributed by atoms with van der Waals surface area (Å²) in [7, 11) is 0. The number of nitrogens with one attached hydrogen (secondary N) is 1. The molecule has 0 unspecified atom stereocenters. The lowest BCUT2D eigenvalue weighted by Crippen LogP contribution is -2.25. The highest BCUT2D eigenvalue weighted by molar-refractivity contribution is 7.99. The van der Waals surface area contributed by atoms with Gasteiger partial charge < -0.3 is 10.2 Å². The quantitative estimate of drug-likeness (QED) is 0.901. The SMILES string of the molecule is Cc1cc(N2CCCC2)ccc1NC1CCSCC1. The molecule has 2 fully saturated rings. The van der Waals surface area contributed by atoms with Crippen molar-refractivity contribution in [2.24, 2.45) is 0 Å². The molecule has 0 spiro atoms. The van der Waals surface area contributed by atoms with Gasteiger partial charge in [0.1, 0.15) is 0 Å². The van der Waals surface area contributed by atoms with Crippen molar-refractivity contribution in [2.75, 3.05) is 34.8 Å². The van der Waals surface area contributed by atoms with Crippen molar-refractivity contribution in [3.05, 3.63) is 23.8 Å². The smallest absolute Gasteiger partial charge is 0.0373 e. The summed E-state index contributed by atoms with van der Waals surface area (Å²) in [5.74, 6) is 2.62. The summed E-state index contributed by atoms with van der Waals surface area (Å²) in [6.07, 6.45) is 5.30. The molecule has 104 valence electrons. The maximum atomic E-state index is 3.74. The van der Waals surface area contributed by atoms with Gasteiger partial charge in [-0.3, -0.25) is 0 Å². The second kappa shape index (κ2) is 6.08. The van der Waals surface area contributed by atoms with E-state index in [1.54, 1.807) is 0 Å². The molecule has 1 aromatic carbocycles. The van der Waals surface area contributed by atoms with Crippen LogP contribution in [-0.4, -0.2) is 30.6 Å². The first kappa shape index (κ1) is 13.2. The van der Waals surface area contributed by atoms with Crippen molar-refractivity contribution in [3.8, 4) is 0 Å². The zero-order valence-corrected chi connectivity index (χ0v) is 12.6. The maximum Gasteiger partial charge on any atom is 0.0373 e. The van der Waals surface area contributed by atoms with Gasteiger partial charge in [0, 0.05) is 30.5 Å². The lowest BCUT2D eigenvalue weighted by atomic mass is 10.1. The van der Waals surface area contributed by atoms with Gasteiger partial charge >= 0.3 is 0 Å². The van der Waals surface area contributed by atoms with Crippen LogP contribution in [0, 0.1) is 6.92 Å². The van der Waals surface area contributed by atoms with Crippen LogP contribution >= 0.6 is 11.8 Å². The van der Waals surface area contributed by atoms with Crippen LogP contribution in [0.2, 0.25) is 0 Å². The summed E-state index contributed by atoms with van der Waals surface area (Å²) in [6, 6.07) is 7.60. The number of benzene rings is 1. The molecule has 0 atom stereocenters. The van der Waals surface area contributed by atoms with Crippen LogP contribution in [0.5, 0.6) is 0 Å². The van der Waals surface area contributed by atoms with Crippen LogP contribution in [0.25, 0.3) is 0 Å². The Morgan fingerprint density at radius 1 is 1.16 bits per heavy atom. The predicted octanol–water partition coefficient (Wildman–Crippen LogP) is 3.90. The van der Waals surface area contributed by atoms with Crippen LogP contribution in [0.15, 0.2) is 18.2 Å². The summed E-state index contributed by atoms with van der Waals surface area (Å²) in [5.41, 5.74) is 4.13. The highest BCUT2D eigenvalue weighted by atomic mass is 32.2. The Hall–Kier alpha value is -0.830. The first-order valence-corrected chi connectivity index (χ1v) is 8.68. The Balaban J connectivity index is 1.68. The third-order valence-corrected chi connectivity index (χ3v) is 5.31. The minimum atomic E-state index is 0.678. The molecule has 0 aliphatic carbocycles. The number of hydrogen-bond acceptors (Lipinski definition) is 3. The summed E-state index contributed by atoms with van der Waals surface area (Å²) in [6.45, 7) is 4.69. The van der Waals surface area contributed by atoms with Crippen molar-refractivity contribution in [1.82, 2.24) is 0 Å². The van der Waals surface area contributed by atoms with E-state index in [2.05, 4.69) is 47.1 Å². The zero-order valence-electron chi connectivity index (χ0n) is 11.8. The monoisotopic (exact) mass is 276 g/mol. The van der Waals surface area contributed by atoms with E-state index < -0.39 is 0 Å². The Labute approximate surface area is 121 Å². The molecule has 2 saturated heterocycles. The average molecular weight is 276 g/mol. The van der Waals surface area contributed by atoms with Crippen LogP contribution in [0.1, 0.15) is 31.2 Å². The minimum absolute atomic E-state index is 0.678. The van der Waals surface area contributed by atoms with E-state index in [-0.39, 0.29) is 0 Å². The van der Waals surface area contributed by atoms with Crippen molar-refractivity contribution >= 4 is 23.1 Å². The highest BCUT2D eigenvalue weighted by Crippen LogP contribution is 2.27. The molecule has 19 heavy (non-hydrogen) atoms. The normalized spacial score (nSPS) is 20.8. The summed E-state index contributed by atoms with van der Waals surface area (Å²) < 4.78 is 0. The molecule has 1 N–H and O–H groups in total. The second-order valence-corrected chi connectivity index (χ2v) is 6.95. The fourth-order valence-corrected chi connectivity index (χ4v) is 4.15. The first-order valence-electron chi connectivity index (χ1n) is 7.53. The van der Waals surface area contributed by atoms with Gasteiger partial charge in [-0.15, -0.1) is 0 Å². The second-order valence-electron chi connectivity index (χ2n) is 5.72. The topological polar surface area (TPSA) is 15.3 Å². The fraction of sp³-hybridized carbons (Fsp3) is 0.625. The molecule has 1 aromatic rings. The van der Waals surface area contributed by atoms with E-state index in [1.165, 1.54) is 67.2 Å². The molecule has 2 heterocycles. The summed E-state index contributed by atoms with van der Waals surface area (Å²) in [4.78, 5) is 2.51. The van der Waals surface area contributed by atoms with Gasteiger partial charge in [0.25, 0.3) is 0 Å². The predicted molar refractivity (Wildman–Crippen MR) is 86.6 cm³/mol. The number of aryl methyl sites for hydroxylation is 1. The minimum Gasteiger partial charge on any atom is -0.382 e. The average Bonchev–Trinajstić information content (AvgIpc) is 2.96. The van der Waals surface area contributed by atoms with Crippen molar-refractivity contribution in [3.63, 3.8) is 0 Å². The van der Waals surface area contributed by atoms with Gasteiger partial charge in [0.05, 0.1) is 0 Å². The molecule has 0 aromatic heterocycles. The number of hydrogen-bond donors (Lipinski definition) is 1.